The third-order valence-electron chi connectivity index (χ3n) is 3.54. The Labute approximate surface area is 120 Å². The molecule has 0 saturated carbocycles. The van der Waals surface area contributed by atoms with Gasteiger partial charge in [0.05, 0.1) is 0 Å². The molecule has 2 heterocycles. The highest BCUT2D eigenvalue weighted by atomic mass is 14.9. The van der Waals surface area contributed by atoms with Crippen LogP contribution in [0.3, 0.4) is 0 Å². The number of nitrogens with zero attached hydrogens (tertiary/aromatic N) is 1. The number of piperidine rings is 1. The van der Waals surface area contributed by atoms with Crippen molar-refractivity contribution < 1.29 is 0 Å². The maximum absolute atomic E-state index is 4.36. The summed E-state index contributed by atoms with van der Waals surface area (Å²) in [6, 6.07) is 4.27. The molecule has 0 amide bonds. The average molecular weight is 264 g/mol. The zero-order chi connectivity index (χ0) is 14.7. The van der Waals surface area contributed by atoms with Gasteiger partial charge in [-0.3, -0.25) is 4.98 Å². The smallest absolute Gasteiger partial charge is 0.0404 e. The largest absolute Gasteiger partial charge is 0.317 e. The molecule has 1 aliphatic rings. The molecule has 1 aromatic heterocycles. The highest BCUT2D eigenvalue weighted by Gasteiger charge is 2.27. The first-order chi connectivity index (χ1) is 9.20. The van der Waals surface area contributed by atoms with Crippen LogP contribution in [0.4, 0.5) is 0 Å². The molecule has 19 heavy (non-hydrogen) atoms. The maximum Gasteiger partial charge on any atom is 0.0404 e. The molecule has 0 aromatic carbocycles. The van der Waals surface area contributed by atoms with Crippen molar-refractivity contribution in [1.82, 2.24) is 10.3 Å². The zero-order valence-corrected chi connectivity index (χ0v) is 13.7. The summed E-state index contributed by atoms with van der Waals surface area (Å²) in [5.74, 6) is 0. The van der Waals surface area contributed by atoms with Crippen LogP contribution in [0, 0.1) is 12.3 Å². The summed E-state index contributed by atoms with van der Waals surface area (Å²) in [6.07, 6.45) is 5.61. The van der Waals surface area contributed by atoms with Gasteiger partial charge in [-0.05, 0) is 56.3 Å². The van der Waals surface area contributed by atoms with E-state index in [9.17, 15) is 0 Å². The first kappa shape index (κ1) is 18.1. The molecule has 2 rings (SSSR count). The Morgan fingerprint density at radius 2 is 1.74 bits per heavy atom. The van der Waals surface area contributed by atoms with Crippen LogP contribution in [0.1, 0.15) is 58.7 Å². The number of hydrogen-bond donors (Lipinski definition) is 1. The lowest BCUT2D eigenvalue weighted by atomic mass is 9.76. The molecule has 1 aliphatic heterocycles. The van der Waals surface area contributed by atoms with Gasteiger partial charge in [-0.1, -0.05) is 40.7 Å². The van der Waals surface area contributed by atoms with E-state index in [-0.39, 0.29) is 0 Å². The van der Waals surface area contributed by atoms with Crippen LogP contribution in [0.15, 0.2) is 18.3 Å². The van der Waals surface area contributed by atoms with E-state index in [2.05, 4.69) is 30.2 Å². The standard InChI is InChI=1S/C13H20N2.2C2H6/c1-11-12(4-3-7-15-11)10-13(2)5-8-14-9-6-13;2*1-2/h3-4,7,14H,5-6,8-10H2,1-2H3;2*1-2H3. The van der Waals surface area contributed by atoms with Gasteiger partial charge in [0.1, 0.15) is 0 Å². The van der Waals surface area contributed by atoms with Crippen LogP contribution in [-0.2, 0) is 6.42 Å². The second-order valence-electron chi connectivity index (χ2n) is 4.99. The highest BCUT2D eigenvalue weighted by Crippen LogP contribution is 2.32. The van der Waals surface area contributed by atoms with E-state index >= 15 is 0 Å². The summed E-state index contributed by atoms with van der Waals surface area (Å²) in [5.41, 5.74) is 3.08. The lowest BCUT2D eigenvalue weighted by molar-refractivity contribution is 0.227. The van der Waals surface area contributed by atoms with Crippen molar-refractivity contribution in [3.63, 3.8) is 0 Å². The van der Waals surface area contributed by atoms with Crippen LogP contribution in [0.2, 0.25) is 0 Å². The van der Waals surface area contributed by atoms with Crippen LogP contribution >= 0.6 is 0 Å². The summed E-state index contributed by atoms with van der Waals surface area (Å²) in [6.45, 7) is 14.8. The fourth-order valence-corrected chi connectivity index (χ4v) is 2.37. The highest BCUT2D eigenvalue weighted by molar-refractivity contribution is 5.20. The van der Waals surface area contributed by atoms with Gasteiger partial charge in [0.15, 0.2) is 0 Å². The van der Waals surface area contributed by atoms with Gasteiger partial charge >= 0.3 is 0 Å². The Morgan fingerprint density at radius 3 is 2.26 bits per heavy atom. The van der Waals surface area contributed by atoms with Crippen LogP contribution in [-0.4, -0.2) is 18.1 Å². The van der Waals surface area contributed by atoms with E-state index in [1.165, 1.54) is 30.5 Å². The molecular weight excluding hydrogens is 232 g/mol. The fourth-order valence-electron chi connectivity index (χ4n) is 2.37. The number of rotatable bonds is 2. The van der Waals surface area contributed by atoms with Crippen molar-refractivity contribution >= 4 is 0 Å². The average Bonchev–Trinajstić information content (AvgIpc) is 2.46. The van der Waals surface area contributed by atoms with E-state index in [1.807, 2.05) is 40.0 Å². The molecule has 1 saturated heterocycles. The maximum atomic E-state index is 4.36. The molecule has 2 nitrogen and oxygen atoms in total. The van der Waals surface area contributed by atoms with Gasteiger partial charge in [0, 0.05) is 11.9 Å². The van der Waals surface area contributed by atoms with Crippen molar-refractivity contribution in [1.29, 1.82) is 0 Å². The molecule has 0 unspecified atom stereocenters. The van der Waals surface area contributed by atoms with Gasteiger partial charge in [0.25, 0.3) is 0 Å². The molecule has 0 spiro atoms. The molecule has 1 aromatic rings. The van der Waals surface area contributed by atoms with E-state index in [1.54, 1.807) is 0 Å². The second kappa shape index (κ2) is 9.96. The quantitative estimate of drug-likeness (QED) is 0.857. The normalized spacial score (nSPS) is 16.5. The van der Waals surface area contributed by atoms with Gasteiger partial charge in [-0.25, -0.2) is 0 Å². The Hall–Kier alpha value is -0.890. The number of nitrogens with one attached hydrogen (secondary N) is 1. The molecule has 2 heteroatoms. The third kappa shape index (κ3) is 6.20. The Bertz CT molecular complexity index is 328. The fraction of sp³-hybridized carbons (Fsp3) is 0.706. The minimum absolute atomic E-state index is 0.471. The van der Waals surface area contributed by atoms with Crippen LogP contribution < -0.4 is 5.32 Å². The predicted octanol–water partition coefficient (Wildman–Crippen LogP) is 4.37. The SMILES string of the molecule is CC.CC.Cc1ncccc1CC1(C)CCNCC1. The van der Waals surface area contributed by atoms with Crippen molar-refractivity contribution in [3.8, 4) is 0 Å². The summed E-state index contributed by atoms with van der Waals surface area (Å²) >= 11 is 0. The predicted molar refractivity (Wildman–Crippen MR) is 85.6 cm³/mol. The minimum atomic E-state index is 0.471. The summed E-state index contributed by atoms with van der Waals surface area (Å²) in [7, 11) is 0. The molecule has 0 radical (unpaired) electrons. The molecule has 1 N–H and O–H groups in total. The van der Waals surface area contributed by atoms with Crippen molar-refractivity contribution in [2.45, 2.75) is 60.8 Å². The number of aromatic nitrogens is 1. The Kier molecular flexibility index (Phi) is 9.50. The van der Waals surface area contributed by atoms with E-state index < -0.39 is 0 Å². The van der Waals surface area contributed by atoms with Gasteiger partial charge in [-0.2, -0.15) is 0 Å². The van der Waals surface area contributed by atoms with Crippen molar-refractivity contribution in [3.05, 3.63) is 29.6 Å². The minimum Gasteiger partial charge on any atom is -0.317 e. The van der Waals surface area contributed by atoms with Gasteiger partial charge in [-0.15, -0.1) is 0 Å². The third-order valence-corrected chi connectivity index (χ3v) is 3.54. The molecule has 110 valence electrons. The molecule has 1 fully saturated rings. The van der Waals surface area contributed by atoms with E-state index in [0.29, 0.717) is 5.41 Å². The summed E-state index contributed by atoms with van der Waals surface area (Å²) in [4.78, 5) is 4.36. The first-order valence-electron chi connectivity index (χ1n) is 7.81. The molecular formula is C17H32N2. The number of aryl methyl sites for hydroxylation is 1. The lowest BCUT2D eigenvalue weighted by Gasteiger charge is -2.34. The van der Waals surface area contributed by atoms with E-state index in [4.69, 9.17) is 0 Å². The Balaban J connectivity index is 0.000000741. The van der Waals surface area contributed by atoms with Gasteiger partial charge in [0.2, 0.25) is 0 Å². The van der Waals surface area contributed by atoms with Crippen molar-refractivity contribution in [2.24, 2.45) is 5.41 Å². The molecule has 0 aliphatic carbocycles. The monoisotopic (exact) mass is 264 g/mol. The molecule has 0 atom stereocenters. The molecule has 0 bridgehead atoms. The summed E-state index contributed by atoms with van der Waals surface area (Å²) < 4.78 is 0. The Morgan fingerprint density at radius 1 is 1.16 bits per heavy atom. The topological polar surface area (TPSA) is 24.9 Å². The van der Waals surface area contributed by atoms with Gasteiger partial charge < -0.3 is 5.32 Å². The van der Waals surface area contributed by atoms with Crippen LogP contribution in [0.5, 0.6) is 0 Å². The summed E-state index contributed by atoms with van der Waals surface area (Å²) in [5, 5.41) is 3.42. The van der Waals surface area contributed by atoms with E-state index in [0.717, 1.165) is 13.1 Å². The van der Waals surface area contributed by atoms with Crippen LogP contribution in [0.25, 0.3) is 0 Å². The number of hydrogen-bond acceptors (Lipinski definition) is 2. The lowest BCUT2D eigenvalue weighted by Crippen LogP contribution is -2.36. The first-order valence-corrected chi connectivity index (χ1v) is 7.81. The zero-order valence-electron chi connectivity index (χ0n) is 13.7. The second-order valence-corrected chi connectivity index (χ2v) is 4.99. The van der Waals surface area contributed by atoms with Crippen molar-refractivity contribution in [2.75, 3.05) is 13.1 Å². The number of pyridine rings is 1.